The maximum atomic E-state index is 11.4. The van der Waals surface area contributed by atoms with Crippen LogP contribution in [0.5, 0.6) is 0 Å². The molecule has 1 aliphatic heterocycles. The van der Waals surface area contributed by atoms with Crippen LogP contribution in [-0.4, -0.2) is 74.0 Å². The highest BCUT2D eigenvalue weighted by Crippen LogP contribution is 2.23. The van der Waals surface area contributed by atoms with Crippen molar-refractivity contribution in [1.82, 2.24) is 20.4 Å². The van der Waals surface area contributed by atoms with Crippen molar-refractivity contribution in [3.05, 3.63) is 0 Å². The molecular weight excluding hydrogens is 326 g/mol. The Morgan fingerprint density at radius 3 is 2.35 bits per heavy atom. The minimum absolute atomic E-state index is 0.186. The van der Waals surface area contributed by atoms with Gasteiger partial charge in [0.2, 0.25) is 5.91 Å². The van der Waals surface area contributed by atoms with E-state index in [1.165, 1.54) is 25.7 Å². The molecule has 1 fully saturated rings. The molecular formula is C20H41N5O. The number of hydrogen-bond acceptors (Lipinski definition) is 3. The standard InChI is InChI=1S/C20H41N5O/c1-6-8-9-10-20(4,5)17-23-19(21-7-2)22-11-12-24-13-15-25(16-14-24)18(3)26/h6-17H2,1-5H3,(H2,21,22,23). The van der Waals surface area contributed by atoms with Crippen molar-refractivity contribution in [3.63, 3.8) is 0 Å². The van der Waals surface area contributed by atoms with E-state index in [2.05, 4.69) is 43.2 Å². The van der Waals surface area contributed by atoms with Crippen molar-refractivity contribution < 1.29 is 4.79 Å². The van der Waals surface area contributed by atoms with Gasteiger partial charge in [-0.25, -0.2) is 0 Å². The van der Waals surface area contributed by atoms with Gasteiger partial charge in [-0.3, -0.25) is 14.7 Å². The number of hydrogen-bond donors (Lipinski definition) is 2. The van der Waals surface area contributed by atoms with Crippen LogP contribution in [0.1, 0.15) is 60.3 Å². The lowest BCUT2D eigenvalue weighted by atomic mass is 9.87. The van der Waals surface area contributed by atoms with Gasteiger partial charge in [0.1, 0.15) is 0 Å². The SMILES string of the molecule is CCCCCC(C)(C)CN=C(NCC)NCCN1CCN(C(C)=O)CC1. The zero-order valence-electron chi connectivity index (χ0n) is 17.7. The van der Waals surface area contributed by atoms with Gasteiger partial charge < -0.3 is 15.5 Å². The summed E-state index contributed by atoms with van der Waals surface area (Å²) >= 11 is 0. The van der Waals surface area contributed by atoms with Crippen molar-refractivity contribution in [1.29, 1.82) is 0 Å². The highest BCUT2D eigenvalue weighted by atomic mass is 16.2. The monoisotopic (exact) mass is 367 g/mol. The summed E-state index contributed by atoms with van der Waals surface area (Å²) in [6.45, 7) is 17.8. The van der Waals surface area contributed by atoms with Crippen LogP contribution in [0, 0.1) is 5.41 Å². The number of guanidine groups is 1. The second kappa shape index (κ2) is 12.2. The molecule has 0 atom stereocenters. The van der Waals surface area contributed by atoms with Crippen molar-refractivity contribution in [2.45, 2.75) is 60.3 Å². The fourth-order valence-electron chi connectivity index (χ4n) is 3.19. The average molecular weight is 368 g/mol. The van der Waals surface area contributed by atoms with Gasteiger partial charge in [0.25, 0.3) is 0 Å². The first-order valence-electron chi connectivity index (χ1n) is 10.4. The Kier molecular flexibility index (Phi) is 10.6. The van der Waals surface area contributed by atoms with Crippen LogP contribution in [-0.2, 0) is 4.79 Å². The smallest absolute Gasteiger partial charge is 0.219 e. The Bertz CT molecular complexity index is 428. The number of nitrogens with one attached hydrogen (secondary N) is 2. The van der Waals surface area contributed by atoms with E-state index in [0.29, 0.717) is 0 Å². The Labute approximate surface area is 160 Å². The Morgan fingerprint density at radius 1 is 1.08 bits per heavy atom. The number of piperazine rings is 1. The lowest BCUT2D eigenvalue weighted by molar-refractivity contribution is -0.130. The summed E-state index contributed by atoms with van der Waals surface area (Å²) in [6.07, 6.45) is 5.09. The fraction of sp³-hybridized carbons (Fsp3) is 0.900. The number of aliphatic imine (C=N–C) groups is 1. The zero-order valence-corrected chi connectivity index (χ0v) is 17.7. The third-order valence-corrected chi connectivity index (χ3v) is 5.00. The van der Waals surface area contributed by atoms with Gasteiger partial charge in [0.15, 0.2) is 5.96 Å². The summed E-state index contributed by atoms with van der Waals surface area (Å²) in [6, 6.07) is 0. The lowest BCUT2D eigenvalue weighted by Crippen LogP contribution is -2.50. The predicted molar refractivity (Wildman–Crippen MR) is 111 cm³/mol. The van der Waals surface area contributed by atoms with Crippen LogP contribution in [0.3, 0.4) is 0 Å². The van der Waals surface area contributed by atoms with Gasteiger partial charge in [0.05, 0.1) is 0 Å². The average Bonchev–Trinajstić information content (AvgIpc) is 2.60. The summed E-state index contributed by atoms with van der Waals surface area (Å²) in [5, 5.41) is 6.81. The highest BCUT2D eigenvalue weighted by molar-refractivity contribution is 5.79. The maximum absolute atomic E-state index is 11.4. The fourth-order valence-corrected chi connectivity index (χ4v) is 3.19. The molecule has 1 aliphatic rings. The zero-order chi connectivity index (χ0) is 19.4. The Balaban J connectivity index is 2.34. The van der Waals surface area contributed by atoms with Crippen LogP contribution in [0.2, 0.25) is 0 Å². The molecule has 1 rings (SSSR count). The summed E-state index contributed by atoms with van der Waals surface area (Å²) in [5.74, 6) is 1.10. The third-order valence-electron chi connectivity index (χ3n) is 5.00. The lowest BCUT2D eigenvalue weighted by Gasteiger charge is -2.34. The topological polar surface area (TPSA) is 60.0 Å². The summed E-state index contributed by atoms with van der Waals surface area (Å²) in [5.41, 5.74) is 0.251. The van der Waals surface area contributed by atoms with E-state index in [4.69, 9.17) is 4.99 Å². The van der Waals surface area contributed by atoms with E-state index >= 15 is 0 Å². The number of rotatable bonds is 10. The van der Waals surface area contributed by atoms with Crippen LogP contribution in [0.25, 0.3) is 0 Å². The van der Waals surface area contributed by atoms with E-state index in [1.807, 2.05) is 4.90 Å². The minimum atomic E-state index is 0.186. The van der Waals surface area contributed by atoms with E-state index in [0.717, 1.165) is 58.3 Å². The van der Waals surface area contributed by atoms with E-state index < -0.39 is 0 Å². The molecule has 0 aromatic heterocycles. The molecule has 6 nitrogen and oxygen atoms in total. The van der Waals surface area contributed by atoms with Gasteiger partial charge >= 0.3 is 0 Å². The van der Waals surface area contributed by atoms with Crippen LogP contribution in [0.15, 0.2) is 4.99 Å². The molecule has 1 saturated heterocycles. The van der Waals surface area contributed by atoms with Crippen LogP contribution < -0.4 is 10.6 Å². The molecule has 0 spiro atoms. The summed E-state index contributed by atoms with van der Waals surface area (Å²) in [7, 11) is 0. The Morgan fingerprint density at radius 2 is 1.77 bits per heavy atom. The minimum Gasteiger partial charge on any atom is -0.357 e. The predicted octanol–water partition coefficient (Wildman–Crippen LogP) is 2.31. The molecule has 0 bridgehead atoms. The molecule has 0 aromatic rings. The molecule has 26 heavy (non-hydrogen) atoms. The quantitative estimate of drug-likeness (QED) is 0.353. The number of carbonyl (C=O) groups is 1. The van der Waals surface area contributed by atoms with Gasteiger partial charge in [-0.05, 0) is 18.8 Å². The van der Waals surface area contributed by atoms with Crippen LogP contribution in [0.4, 0.5) is 0 Å². The first-order valence-corrected chi connectivity index (χ1v) is 10.4. The first-order chi connectivity index (χ1) is 12.4. The van der Waals surface area contributed by atoms with Crippen molar-refractivity contribution >= 4 is 11.9 Å². The van der Waals surface area contributed by atoms with Gasteiger partial charge in [0, 0.05) is 59.3 Å². The number of amides is 1. The second-order valence-electron chi connectivity index (χ2n) is 8.09. The largest absolute Gasteiger partial charge is 0.357 e. The van der Waals surface area contributed by atoms with Gasteiger partial charge in [-0.15, -0.1) is 0 Å². The van der Waals surface area contributed by atoms with E-state index in [9.17, 15) is 4.79 Å². The molecule has 6 heteroatoms. The molecule has 152 valence electrons. The number of carbonyl (C=O) groups excluding carboxylic acids is 1. The molecule has 0 aromatic carbocycles. The number of nitrogens with zero attached hydrogens (tertiary/aromatic N) is 3. The third kappa shape index (κ3) is 9.41. The maximum Gasteiger partial charge on any atom is 0.219 e. The Hall–Kier alpha value is -1.30. The molecule has 0 aliphatic carbocycles. The normalized spacial score (nSPS) is 16.7. The number of unbranched alkanes of at least 4 members (excludes halogenated alkanes) is 2. The van der Waals surface area contributed by atoms with Crippen molar-refractivity contribution in [2.24, 2.45) is 10.4 Å². The molecule has 0 saturated carbocycles. The second-order valence-corrected chi connectivity index (χ2v) is 8.09. The molecule has 2 N–H and O–H groups in total. The van der Waals surface area contributed by atoms with Crippen molar-refractivity contribution in [2.75, 3.05) is 52.4 Å². The van der Waals surface area contributed by atoms with E-state index in [-0.39, 0.29) is 11.3 Å². The molecule has 1 amide bonds. The summed E-state index contributed by atoms with van der Waals surface area (Å²) in [4.78, 5) is 20.5. The summed E-state index contributed by atoms with van der Waals surface area (Å²) < 4.78 is 0. The van der Waals surface area contributed by atoms with Crippen molar-refractivity contribution in [3.8, 4) is 0 Å². The van der Waals surface area contributed by atoms with Gasteiger partial charge in [-0.1, -0.05) is 40.0 Å². The molecule has 0 unspecified atom stereocenters. The molecule has 1 heterocycles. The van der Waals surface area contributed by atoms with Gasteiger partial charge in [-0.2, -0.15) is 0 Å². The van der Waals surface area contributed by atoms with E-state index in [1.54, 1.807) is 6.92 Å². The highest BCUT2D eigenvalue weighted by Gasteiger charge is 2.19. The van der Waals surface area contributed by atoms with Crippen LogP contribution >= 0.6 is 0 Å². The molecule has 0 radical (unpaired) electrons. The first kappa shape index (κ1) is 22.7.